The molecule has 19 heavy (non-hydrogen) atoms. The number of fused-ring (bicyclic) bond motifs is 1. The quantitative estimate of drug-likeness (QED) is 0.594. The molecule has 0 saturated carbocycles. The summed E-state index contributed by atoms with van der Waals surface area (Å²) in [5, 5.41) is 1.83. The molecule has 0 aliphatic heterocycles. The first-order chi connectivity index (χ1) is 8.52. The fourth-order valence-electron chi connectivity index (χ4n) is 2.06. The summed E-state index contributed by atoms with van der Waals surface area (Å²) in [5.74, 6) is 0. The molecule has 0 spiro atoms. The standard InChI is InChI=1S/C14H16O3S.K/c1-2-3-5-11-6-4-7-12-8-9-13(10-14(11)12)18(15,16)17;/h4,6-10H,2-3,5H2,1H3,(H,15,16,17);/q;+1/p-1. The summed E-state index contributed by atoms with van der Waals surface area (Å²) >= 11 is 0. The Labute approximate surface area is 156 Å². The van der Waals surface area contributed by atoms with Gasteiger partial charge in [-0.15, -0.1) is 0 Å². The molecule has 2 aromatic carbocycles. The molecule has 0 N–H and O–H groups in total. The monoisotopic (exact) mass is 302 g/mol. The number of rotatable bonds is 4. The third kappa shape index (κ3) is 4.36. The van der Waals surface area contributed by atoms with Crippen molar-refractivity contribution in [2.45, 2.75) is 31.1 Å². The Morgan fingerprint density at radius 1 is 1.16 bits per heavy atom. The smallest absolute Gasteiger partial charge is 0.744 e. The van der Waals surface area contributed by atoms with Gasteiger partial charge in [0, 0.05) is 0 Å². The Morgan fingerprint density at radius 2 is 1.89 bits per heavy atom. The molecular weight excluding hydrogens is 287 g/mol. The first-order valence-corrected chi connectivity index (χ1v) is 7.41. The fourth-order valence-corrected chi connectivity index (χ4v) is 2.55. The van der Waals surface area contributed by atoms with E-state index < -0.39 is 10.1 Å². The van der Waals surface area contributed by atoms with Gasteiger partial charge in [-0.1, -0.05) is 37.6 Å². The zero-order chi connectivity index (χ0) is 13.2. The van der Waals surface area contributed by atoms with Crippen molar-refractivity contribution in [2.24, 2.45) is 0 Å². The Bertz CT molecular complexity index is 665. The maximum atomic E-state index is 11.0. The fraction of sp³-hybridized carbons (Fsp3) is 0.286. The average Bonchev–Trinajstić information content (AvgIpc) is 2.34. The van der Waals surface area contributed by atoms with Gasteiger partial charge in [-0.3, -0.25) is 0 Å². The van der Waals surface area contributed by atoms with Crippen LogP contribution in [0.1, 0.15) is 25.3 Å². The van der Waals surface area contributed by atoms with Gasteiger partial charge >= 0.3 is 51.4 Å². The first kappa shape index (κ1) is 17.3. The molecule has 0 bridgehead atoms. The van der Waals surface area contributed by atoms with Crippen molar-refractivity contribution in [1.29, 1.82) is 0 Å². The Balaban J connectivity index is 0.00000180. The molecule has 0 saturated heterocycles. The van der Waals surface area contributed by atoms with Crippen molar-refractivity contribution in [2.75, 3.05) is 0 Å². The van der Waals surface area contributed by atoms with Crippen LogP contribution in [-0.2, 0) is 16.5 Å². The SMILES string of the molecule is CCCCc1cccc2ccc(S(=O)(=O)[O-])cc12.[K+]. The molecule has 0 radical (unpaired) electrons. The van der Waals surface area contributed by atoms with Gasteiger partial charge in [-0.2, -0.15) is 0 Å². The molecule has 0 unspecified atom stereocenters. The van der Waals surface area contributed by atoms with Crippen LogP contribution in [0.3, 0.4) is 0 Å². The van der Waals surface area contributed by atoms with Gasteiger partial charge in [0.2, 0.25) is 0 Å². The zero-order valence-corrected chi connectivity index (χ0v) is 15.2. The van der Waals surface area contributed by atoms with Crippen molar-refractivity contribution < 1.29 is 64.4 Å². The van der Waals surface area contributed by atoms with Crippen LogP contribution in [0.4, 0.5) is 0 Å². The van der Waals surface area contributed by atoms with Crippen molar-refractivity contribution in [3.63, 3.8) is 0 Å². The average molecular weight is 302 g/mol. The molecule has 0 aliphatic rings. The molecule has 5 heteroatoms. The van der Waals surface area contributed by atoms with Gasteiger partial charge in [0.25, 0.3) is 0 Å². The summed E-state index contributed by atoms with van der Waals surface area (Å²) < 4.78 is 33.1. The molecular formula is C14H15KO3S. The van der Waals surface area contributed by atoms with E-state index in [2.05, 4.69) is 6.92 Å². The molecule has 0 amide bonds. The summed E-state index contributed by atoms with van der Waals surface area (Å²) in [5.41, 5.74) is 1.10. The Hall–Kier alpha value is 0.246. The summed E-state index contributed by atoms with van der Waals surface area (Å²) in [6, 6.07) is 10.4. The van der Waals surface area contributed by atoms with Crippen LogP contribution >= 0.6 is 0 Å². The molecule has 0 fully saturated rings. The van der Waals surface area contributed by atoms with E-state index in [4.69, 9.17) is 0 Å². The molecule has 2 aromatic rings. The summed E-state index contributed by atoms with van der Waals surface area (Å²) in [7, 11) is -4.38. The maximum Gasteiger partial charge on any atom is 1.00 e. The molecule has 96 valence electrons. The number of aryl methyl sites for hydroxylation is 1. The molecule has 0 aliphatic carbocycles. The first-order valence-electron chi connectivity index (χ1n) is 6.00. The van der Waals surface area contributed by atoms with Gasteiger partial charge in [0.15, 0.2) is 0 Å². The van der Waals surface area contributed by atoms with E-state index in [1.807, 2.05) is 18.2 Å². The topological polar surface area (TPSA) is 57.2 Å². The van der Waals surface area contributed by atoms with Gasteiger partial charge in [-0.25, -0.2) is 8.42 Å². The van der Waals surface area contributed by atoms with Crippen LogP contribution in [0.2, 0.25) is 0 Å². The minimum atomic E-state index is -4.38. The van der Waals surface area contributed by atoms with Crippen LogP contribution in [0.25, 0.3) is 10.8 Å². The largest absolute Gasteiger partial charge is 1.00 e. The van der Waals surface area contributed by atoms with Gasteiger partial charge in [0.05, 0.1) is 4.90 Å². The second kappa shape index (κ2) is 7.31. The van der Waals surface area contributed by atoms with Crippen molar-refractivity contribution in [3.05, 3.63) is 42.0 Å². The molecule has 2 rings (SSSR count). The third-order valence-electron chi connectivity index (χ3n) is 3.03. The number of hydrogen-bond donors (Lipinski definition) is 0. The van der Waals surface area contributed by atoms with Crippen LogP contribution in [0.5, 0.6) is 0 Å². The van der Waals surface area contributed by atoms with Crippen molar-refractivity contribution >= 4 is 20.9 Å². The third-order valence-corrected chi connectivity index (χ3v) is 3.86. The van der Waals surface area contributed by atoms with Crippen LogP contribution in [0.15, 0.2) is 41.3 Å². The molecule has 0 heterocycles. The molecule has 0 aromatic heterocycles. The number of benzene rings is 2. The predicted molar refractivity (Wildman–Crippen MR) is 70.5 cm³/mol. The van der Waals surface area contributed by atoms with E-state index in [-0.39, 0.29) is 56.3 Å². The van der Waals surface area contributed by atoms with Gasteiger partial charge < -0.3 is 4.55 Å². The van der Waals surface area contributed by atoms with Gasteiger partial charge in [-0.05, 0) is 41.3 Å². The minimum Gasteiger partial charge on any atom is -0.744 e. The second-order valence-corrected chi connectivity index (χ2v) is 5.74. The summed E-state index contributed by atoms with van der Waals surface area (Å²) in [6.45, 7) is 2.11. The van der Waals surface area contributed by atoms with Crippen LogP contribution < -0.4 is 51.4 Å². The minimum absolute atomic E-state index is 0. The number of hydrogen-bond acceptors (Lipinski definition) is 3. The Morgan fingerprint density at radius 3 is 2.53 bits per heavy atom. The zero-order valence-electron chi connectivity index (χ0n) is 11.2. The van der Waals surface area contributed by atoms with E-state index in [1.165, 1.54) is 12.1 Å². The summed E-state index contributed by atoms with van der Waals surface area (Å²) in [4.78, 5) is -0.154. The van der Waals surface area contributed by atoms with E-state index in [1.54, 1.807) is 6.07 Å². The van der Waals surface area contributed by atoms with E-state index in [0.717, 1.165) is 35.6 Å². The Kier molecular flexibility index (Phi) is 6.66. The summed E-state index contributed by atoms with van der Waals surface area (Å²) in [6.07, 6.45) is 3.03. The maximum absolute atomic E-state index is 11.0. The molecule has 3 nitrogen and oxygen atoms in total. The van der Waals surface area contributed by atoms with Crippen molar-refractivity contribution in [1.82, 2.24) is 0 Å². The van der Waals surface area contributed by atoms with E-state index >= 15 is 0 Å². The second-order valence-electron chi connectivity index (χ2n) is 4.36. The predicted octanol–water partition coefficient (Wildman–Crippen LogP) is 0.0905. The normalized spacial score (nSPS) is 11.3. The number of unbranched alkanes of at least 4 members (excludes halogenated alkanes) is 1. The molecule has 0 atom stereocenters. The van der Waals surface area contributed by atoms with E-state index in [9.17, 15) is 13.0 Å². The van der Waals surface area contributed by atoms with Crippen LogP contribution in [-0.4, -0.2) is 13.0 Å². The van der Waals surface area contributed by atoms with Crippen molar-refractivity contribution in [3.8, 4) is 0 Å². The van der Waals surface area contributed by atoms with Crippen LogP contribution in [0, 0.1) is 0 Å². The van der Waals surface area contributed by atoms with Gasteiger partial charge in [0.1, 0.15) is 10.1 Å². The van der Waals surface area contributed by atoms with E-state index in [0.29, 0.717) is 0 Å².